The molecule has 0 fully saturated rings. The summed E-state index contributed by atoms with van der Waals surface area (Å²) in [6, 6.07) is 12.6. The summed E-state index contributed by atoms with van der Waals surface area (Å²) >= 11 is 0. The van der Waals surface area contributed by atoms with E-state index in [-0.39, 0.29) is 12.1 Å². The molecular weight excluding hydrogens is 272 g/mol. The standard InChI is InChI=1S/C20H22O2/c1-13(2)10-11-16-12-19(22-14(3)21)18-9-5-7-15-6-4-8-17(16)20(15)18/h4-9,12-13,19H,10-11H2,1-3H3. The van der Waals surface area contributed by atoms with Crippen LogP contribution in [0.3, 0.4) is 0 Å². The maximum atomic E-state index is 11.5. The van der Waals surface area contributed by atoms with Gasteiger partial charge in [-0.2, -0.15) is 0 Å². The van der Waals surface area contributed by atoms with E-state index in [0.717, 1.165) is 18.4 Å². The summed E-state index contributed by atoms with van der Waals surface area (Å²) in [7, 11) is 0. The van der Waals surface area contributed by atoms with E-state index in [9.17, 15) is 4.79 Å². The van der Waals surface area contributed by atoms with Crippen molar-refractivity contribution >= 4 is 22.3 Å². The predicted molar refractivity (Wildman–Crippen MR) is 90.5 cm³/mol. The number of rotatable bonds is 4. The zero-order chi connectivity index (χ0) is 15.7. The molecule has 0 N–H and O–H groups in total. The Hall–Kier alpha value is -2.09. The average molecular weight is 294 g/mol. The minimum absolute atomic E-state index is 0.235. The number of carbonyl (C=O) groups is 1. The summed E-state index contributed by atoms with van der Waals surface area (Å²) in [5.41, 5.74) is 3.68. The van der Waals surface area contributed by atoms with Crippen molar-refractivity contribution in [3.05, 3.63) is 53.6 Å². The second kappa shape index (κ2) is 5.96. The number of ether oxygens (including phenoxy) is 1. The molecule has 22 heavy (non-hydrogen) atoms. The van der Waals surface area contributed by atoms with Gasteiger partial charge in [0.1, 0.15) is 6.10 Å². The third-order valence-corrected chi connectivity index (χ3v) is 4.23. The molecule has 0 amide bonds. The first kappa shape index (κ1) is 14.8. The van der Waals surface area contributed by atoms with Crippen LogP contribution in [-0.2, 0) is 9.53 Å². The monoisotopic (exact) mass is 294 g/mol. The number of esters is 1. The summed E-state index contributed by atoms with van der Waals surface area (Å²) in [4.78, 5) is 11.5. The highest BCUT2D eigenvalue weighted by atomic mass is 16.5. The lowest BCUT2D eigenvalue weighted by Gasteiger charge is -2.25. The van der Waals surface area contributed by atoms with Gasteiger partial charge in [-0.15, -0.1) is 0 Å². The van der Waals surface area contributed by atoms with Crippen molar-refractivity contribution in [1.29, 1.82) is 0 Å². The van der Waals surface area contributed by atoms with Crippen LogP contribution < -0.4 is 0 Å². The fraction of sp³-hybridized carbons (Fsp3) is 0.350. The predicted octanol–water partition coefficient (Wildman–Crippen LogP) is 5.28. The summed E-state index contributed by atoms with van der Waals surface area (Å²) in [5, 5.41) is 2.44. The number of carbonyl (C=O) groups excluding carboxylic acids is 1. The van der Waals surface area contributed by atoms with Gasteiger partial charge in [0.05, 0.1) is 0 Å². The molecule has 1 aliphatic rings. The molecule has 0 aromatic heterocycles. The largest absolute Gasteiger partial charge is 0.453 e. The molecule has 0 aliphatic heterocycles. The van der Waals surface area contributed by atoms with Crippen molar-refractivity contribution in [3.63, 3.8) is 0 Å². The highest BCUT2D eigenvalue weighted by molar-refractivity contribution is 5.98. The van der Waals surface area contributed by atoms with Crippen molar-refractivity contribution in [2.75, 3.05) is 0 Å². The SMILES string of the molecule is CC(=O)OC1C=C(CCC(C)C)c2cccc3cccc1c23. The van der Waals surface area contributed by atoms with Crippen LogP contribution in [0, 0.1) is 5.92 Å². The molecule has 1 aliphatic carbocycles. The molecule has 0 saturated heterocycles. The zero-order valence-corrected chi connectivity index (χ0v) is 13.4. The summed E-state index contributed by atoms with van der Waals surface area (Å²) in [5.74, 6) is 0.422. The molecule has 0 bridgehead atoms. The topological polar surface area (TPSA) is 26.3 Å². The first-order valence-electron chi connectivity index (χ1n) is 7.96. The van der Waals surface area contributed by atoms with Crippen LogP contribution in [0.1, 0.15) is 50.8 Å². The first-order chi connectivity index (χ1) is 10.6. The minimum Gasteiger partial charge on any atom is -0.453 e. The Bertz CT molecular complexity index is 735. The lowest BCUT2D eigenvalue weighted by molar-refractivity contribution is -0.144. The molecule has 2 heteroatoms. The van der Waals surface area contributed by atoms with Crippen molar-refractivity contribution < 1.29 is 9.53 Å². The highest BCUT2D eigenvalue weighted by Crippen LogP contribution is 2.41. The maximum Gasteiger partial charge on any atom is 0.303 e. The third-order valence-electron chi connectivity index (χ3n) is 4.23. The third kappa shape index (κ3) is 2.78. The molecular formula is C20H22O2. The number of allylic oxidation sites excluding steroid dienone is 1. The number of hydrogen-bond donors (Lipinski definition) is 0. The van der Waals surface area contributed by atoms with Crippen molar-refractivity contribution in [1.82, 2.24) is 0 Å². The zero-order valence-electron chi connectivity index (χ0n) is 13.4. The Morgan fingerprint density at radius 1 is 1.18 bits per heavy atom. The van der Waals surface area contributed by atoms with Crippen LogP contribution in [0.4, 0.5) is 0 Å². The van der Waals surface area contributed by atoms with E-state index in [1.165, 1.54) is 28.8 Å². The molecule has 2 aromatic carbocycles. The van der Waals surface area contributed by atoms with Gasteiger partial charge in [0.2, 0.25) is 0 Å². The Morgan fingerprint density at radius 3 is 2.59 bits per heavy atom. The molecule has 0 spiro atoms. The second-order valence-electron chi connectivity index (χ2n) is 6.41. The quantitative estimate of drug-likeness (QED) is 0.717. The molecule has 0 saturated carbocycles. The molecule has 2 nitrogen and oxygen atoms in total. The molecule has 0 heterocycles. The molecule has 3 rings (SSSR count). The van der Waals surface area contributed by atoms with Crippen LogP contribution in [0.2, 0.25) is 0 Å². The van der Waals surface area contributed by atoms with Crippen LogP contribution in [0.25, 0.3) is 16.3 Å². The summed E-state index contributed by atoms with van der Waals surface area (Å²) in [6.07, 6.45) is 4.01. The minimum atomic E-state index is -0.265. The molecule has 2 aromatic rings. The van der Waals surface area contributed by atoms with Gasteiger partial charge in [0.25, 0.3) is 0 Å². The Kier molecular flexibility index (Phi) is 4.02. The van der Waals surface area contributed by atoms with Gasteiger partial charge in [-0.25, -0.2) is 0 Å². The van der Waals surface area contributed by atoms with E-state index in [4.69, 9.17) is 4.74 Å². The van der Waals surface area contributed by atoms with Gasteiger partial charge in [-0.05, 0) is 46.7 Å². The number of benzene rings is 2. The van der Waals surface area contributed by atoms with E-state index >= 15 is 0 Å². The van der Waals surface area contributed by atoms with Crippen molar-refractivity contribution in [3.8, 4) is 0 Å². The lowest BCUT2D eigenvalue weighted by Crippen LogP contribution is -2.11. The van der Waals surface area contributed by atoms with Crippen LogP contribution in [-0.4, -0.2) is 5.97 Å². The highest BCUT2D eigenvalue weighted by Gasteiger charge is 2.23. The van der Waals surface area contributed by atoms with Gasteiger partial charge < -0.3 is 4.74 Å². The summed E-state index contributed by atoms with van der Waals surface area (Å²) < 4.78 is 5.56. The lowest BCUT2D eigenvalue weighted by atomic mass is 9.84. The van der Waals surface area contributed by atoms with Gasteiger partial charge in [-0.3, -0.25) is 4.79 Å². The van der Waals surface area contributed by atoms with E-state index < -0.39 is 0 Å². The fourth-order valence-electron chi connectivity index (χ4n) is 3.18. The fourth-order valence-corrected chi connectivity index (χ4v) is 3.18. The molecule has 1 unspecified atom stereocenters. The maximum absolute atomic E-state index is 11.5. The Morgan fingerprint density at radius 2 is 1.91 bits per heavy atom. The van der Waals surface area contributed by atoms with Gasteiger partial charge in [0, 0.05) is 12.5 Å². The van der Waals surface area contributed by atoms with Gasteiger partial charge in [-0.1, -0.05) is 50.2 Å². The Labute approximate surface area is 131 Å². The molecule has 1 atom stereocenters. The van der Waals surface area contributed by atoms with Crippen molar-refractivity contribution in [2.24, 2.45) is 5.92 Å². The van der Waals surface area contributed by atoms with Crippen LogP contribution in [0.15, 0.2) is 42.5 Å². The molecule has 114 valence electrons. The van der Waals surface area contributed by atoms with Gasteiger partial charge in [0.15, 0.2) is 0 Å². The number of hydrogen-bond acceptors (Lipinski definition) is 2. The first-order valence-corrected chi connectivity index (χ1v) is 7.96. The van der Waals surface area contributed by atoms with Crippen LogP contribution in [0.5, 0.6) is 0 Å². The normalized spacial score (nSPS) is 16.7. The average Bonchev–Trinajstić information content (AvgIpc) is 2.48. The Balaban J connectivity index is 2.11. The summed E-state index contributed by atoms with van der Waals surface area (Å²) in [6.45, 7) is 5.95. The van der Waals surface area contributed by atoms with E-state index in [0.29, 0.717) is 5.92 Å². The smallest absolute Gasteiger partial charge is 0.303 e. The van der Waals surface area contributed by atoms with Gasteiger partial charge >= 0.3 is 5.97 Å². The second-order valence-corrected chi connectivity index (χ2v) is 6.41. The van der Waals surface area contributed by atoms with Crippen molar-refractivity contribution in [2.45, 2.75) is 39.7 Å². The van der Waals surface area contributed by atoms with E-state index in [1.807, 2.05) is 6.07 Å². The van der Waals surface area contributed by atoms with E-state index in [2.05, 4.69) is 50.3 Å². The molecule has 0 radical (unpaired) electrons. The van der Waals surface area contributed by atoms with Crippen LogP contribution >= 0.6 is 0 Å². The van der Waals surface area contributed by atoms with E-state index in [1.54, 1.807) is 0 Å².